The fraction of sp³-hybridized carbons (Fsp3) is 0. The van der Waals surface area contributed by atoms with Gasteiger partial charge in [-0.3, -0.25) is 0 Å². The summed E-state index contributed by atoms with van der Waals surface area (Å²) in [4.78, 5) is 0. The highest BCUT2D eigenvalue weighted by molar-refractivity contribution is 6.26. The van der Waals surface area contributed by atoms with Crippen LogP contribution in [-0.4, -0.2) is 0 Å². The second-order valence-corrected chi connectivity index (χ2v) is 10.9. The summed E-state index contributed by atoms with van der Waals surface area (Å²) in [6.07, 6.45) is 0. The normalized spacial score (nSPS) is 10.8. The van der Waals surface area contributed by atoms with Crippen molar-refractivity contribution in [1.29, 1.82) is 0 Å². The second-order valence-electron chi connectivity index (χ2n) is 10.9. The molecule has 0 N–H and O–H groups in total. The van der Waals surface area contributed by atoms with Gasteiger partial charge in [-0.2, -0.15) is 0 Å². The molecule has 0 unspecified atom stereocenters. The summed E-state index contributed by atoms with van der Waals surface area (Å²) in [5, 5.41) is 9.42. The summed E-state index contributed by atoms with van der Waals surface area (Å²) in [5.74, 6) is 14.0. The van der Waals surface area contributed by atoms with E-state index in [9.17, 15) is 0 Å². The summed E-state index contributed by atoms with van der Waals surface area (Å²) in [6.45, 7) is 0. The minimum absolute atomic E-state index is 1.01. The van der Waals surface area contributed by atoms with Crippen LogP contribution in [0.2, 0.25) is 0 Å². The molecule has 0 nitrogen and oxygen atoms in total. The molecule has 0 radical (unpaired) electrons. The van der Waals surface area contributed by atoms with Crippen LogP contribution in [0.15, 0.2) is 158 Å². The highest BCUT2D eigenvalue weighted by atomic mass is 14.2. The smallest absolute Gasteiger partial charge is 0.0406 e. The Morgan fingerprint density at radius 3 is 0.773 bits per heavy atom. The van der Waals surface area contributed by atoms with E-state index in [4.69, 9.17) is 0 Å². The molecule has 0 fully saturated rings. The van der Waals surface area contributed by atoms with Crippen LogP contribution in [-0.2, 0) is 0 Å². The molecule has 0 amide bonds. The first-order chi connectivity index (χ1) is 21.9. The summed E-state index contributed by atoms with van der Waals surface area (Å²) < 4.78 is 0. The van der Waals surface area contributed by atoms with E-state index in [0.29, 0.717) is 0 Å². The van der Waals surface area contributed by atoms with Crippen LogP contribution >= 0.6 is 0 Å². The van der Waals surface area contributed by atoms with Crippen LogP contribution in [0.4, 0.5) is 0 Å². The minimum atomic E-state index is 1.01. The van der Waals surface area contributed by atoms with Gasteiger partial charge in [-0.25, -0.2) is 0 Å². The summed E-state index contributed by atoms with van der Waals surface area (Å²) in [6, 6.07) is 55.3. The molecule has 44 heavy (non-hydrogen) atoms. The van der Waals surface area contributed by atoms with Crippen molar-refractivity contribution in [2.45, 2.75) is 0 Å². The average molecular weight is 555 g/mol. The molecule has 0 aliphatic carbocycles. The van der Waals surface area contributed by atoms with Gasteiger partial charge in [-0.15, -0.1) is 0 Å². The molecule has 0 heteroatoms. The van der Waals surface area contributed by atoms with Crippen molar-refractivity contribution in [2.75, 3.05) is 0 Å². The summed E-state index contributed by atoms with van der Waals surface area (Å²) in [7, 11) is 0. The lowest BCUT2D eigenvalue weighted by Crippen LogP contribution is -1.94. The van der Waals surface area contributed by atoms with Gasteiger partial charge in [0.2, 0.25) is 0 Å². The zero-order chi connectivity index (χ0) is 29.3. The molecule has 0 atom stereocenters. The van der Waals surface area contributed by atoms with E-state index in [1.54, 1.807) is 0 Å². The Morgan fingerprint density at radius 2 is 0.477 bits per heavy atom. The fourth-order valence-electron chi connectivity index (χ4n) is 6.38. The van der Waals surface area contributed by atoms with Crippen molar-refractivity contribution in [1.82, 2.24) is 0 Å². The predicted molar refractivity (Wildman–Crippen MR) is 187 cm³/mol. The van der Waals surface area contributed by atoms with E-state index in [2.05, 4.69) is 145 Å². The minimum Gasteiger partial charge on any atom is -0.0622 e. The number of fused-ring (bicyclic) bond motifs is 4. The molecule has 0 aromatic heterocycles. The van der Waals surface area contributed by atoms with E-state index in [1.165, 1.54) is 32.7 Å². The highest BCUT2D eigenvalue weighted by Crippen LogP contribution is 2.46. The van der Waals surface area contributed by atoms with Crippen molar-refractivity contribution in [2.24, 2.45) is 0 Å². The van der Waals surface area contributed by atoms with E-state index in [0.717, 1.165) is 43.8 Å². The van der Waals surface area contributed by atoms with E-state index in [-0.39, 0.29) is 0 Å². The van der Waals surface area contributed by atoms with Crippen LogP contribution in [0.25, 0.3) is 54.2 Å². The number of benzene rings is 8. The van der Waals surface area contributed by atoms with Gasteiger partial charge in [0, 0.05) is 22.3 Å². The molecule has 0 saturated carbocycles. The van der Waals surface area contributed by atoms with Gasteiger partial charge in [0.05, 0.1) is 0 Å². The first-order valence-corrected chi connectivity index (χ1v) is 14.9. The molecule has 0 aliphatic heterocycles. The quantitative estimate of drug-likeness (QED) is 0.140. The van der Waals surface area contributed by atoms with Crippen molar-refractivity contribution < 1.29 is 0 Å². The molecule has 8 aromatic carbocycles. The van der Waals surface area contributed by atoms with Gasteiger partial charge < -0.3 is 0 Å². The third kappa shape index (κ3) is 4.39. The summed E-state index contributed by atoms with van der Waals surface area (Å²) >= 11 is 0. The van der Waals surface area contributed by atoms with E-state index < -0.39 is 0 Å². The molecular weight excluding hydrogens is 528 g/mol. The Hall–Kier alpha value is -6.08. The topological polar surface area (TPSA) is 0 Å². The van der Waals surface area contributed by atoms with E-state index in [1.807, 2.05) is 36.4 Å². The second kappa shape index (κ2) is 11.0. The molecule has 0 heterocycles. The largest absolute Gasteiger partial charge is 0.0622 e. The first-order valence-electron chi connectivity index (χ1n) is 14.9. The molecule has 8 aromatic rings. The zero-order valence-electron chi connectivity index (χ0n) is 24.0. The molecule has 0 bridgehead atoms. The Bertz CT molecular complexity index is 2190. The van der Waals surface area contributed by atoms with Gasteiger partial charge in [0.1, 0.15) is 0 Å². The van der Waals surface area contributed by atoms with Crippen LogP contribution in [0, 0.1) is 23.7 Å². The molecule has 0 spiro atoms. The Morgan fingerprint density at radius 1 is 0.227 bits per heavy atom. The lowest BCUT2D eigenvalue weighted by molar-refractivity contribution is 1.64. The average Bonchev–Trinajstić information content (AvgIpc) is 3.10. The van der Waals surface area contributed by atoms with Crippen molar-refractivity contribution in [3.63, 3.8) is 0 Å². The predicted octanol–water partition coefficient (Wildman–Crippen LogP) is 10.8. The molecule has 0 aliphatic rings. The van der Waals surface area contributed by atoms with Crippen LogP contribution in [0.1, 0.15) is 22.3 Å². The number of hydrogen-bond acceptors (Lipinski definition) is 0. The Kier molecular flexibility index (Phi) is 6.38. The van der Waals surface area contributed by atoms with Gasteiger partial charge in [-0.1, -0.05) is 157 Å². The van der Waals surface area contributed by atoms with Gasteiger partial charge in [-0.05, 0) is 78.5 Å². The maximum Gasteiger partial charge on any atom is 0.0406 e. The Labute approximate surface area is 257 Å². The molecule has 0 saturated heterocycles. The molecule has 8 rings (SSSR count). The lowest BCUT2D eigenvalue weighted by atomic mass is 9.83. The van der Waals surface area contributed by atoms with E-state index >= 15 is 0 Å². The maximum atomic E-state index is 3.57. The van der Waals surface area contributed by atoms with Crippen LogP contribution < -0.4 is 0 Å². The van der Waals surface area contributed by atoms with Crippen molar-refractivity contribution >= 4 is 43.1 Å². The first kappa shape index (κ1) is 25.6. The third-order valence-electron chi connectivity index (χ3n) is 8.32. The fourth-order valence-corrected chi connectivity index (χ4v) is 6.38. The van der Waals surface area contributed by atoms with Gasteiger partial charge >= 0.3 is 0 Å². The maximum absolute atomic E-state index is 3.57. The van der Waals surface area contributed by atoms with Gasteiger partial charge in [0.15, 0.2) is 0 Å². The monoisotopic (exact) mass is 554 g/mol. The van der Waals surface area contributed by atoms with Crippen molar-refractivity contribution in [3.05, 3.63) is 180 Å². The SMILES string of the molecule is C(#Cc1c2ccccc2c(-c2c3ccccc3c(C#Cc3ccccc3)c3ccccc23)c2ccccc12)c1ccccc1. The zero-order valence-corrected chi connectivity index (χ0v) is 24.0. The number of hydrogen-bond donors (Lipinski definition) is 0. The lowest BCUT2D eigenvalue weighted by Gasteiger charge is -2.19. The summed E-state index contributed by atoms with van der Waals surface area (Å²) in [5.41, 5.74) is 6.60. The number of rotatable bonds is 1. The van der Waals surface area contributed by atoms with Crippen LogP contribution in [0.3, 0.4) is 0 Å². The molecule has 202 valence electrons. The Balaban J connectivity index is 1.50. The van der Waals surface area contributed by atoms with Gasteiger partial charge in [0.25, 0.3) is 0 Å². The third-order valence-corrected chi connectivity index (χ3v) is 8.32. The highest BCUT2D eigenvalue weighted by Gasteiger charge is 2.20. The van der Waals surface area contributed by atoms with Crippen molar-refractivity contribution in [3.8, 4) is 34.8 Å². The van der Waals surface area contributed by atoms with Crippen LogP contribution in [0.5, 0.6) is 0 Å². The standard InChI is InChI=1S/C44H26/c1-3-15-31(16-4-1)27-29-37-33-19-7-11-23-39(33)43(40-24-12-8-20-34(37)40)44-41-25-13-9-21-35(41)38(36-22-10-14-26-42(36)44)30-28-32-17-5-2-6-18-32/h1-26H. The molecular formula is C44H26.